The fourth-order valence-corrected chi connectivity index (χ4v) is 1.36. The maximum atomic E-state index is 11.4. The quantitative estimate of drug-likeness (QED) is 0.771. The van der Waals surface area contributed by atoms with Crippen LogP contribution < -0.4 is 0 Å². The highest BCUT2D eigenvalue weighted by molar-refractivity contribution is 5.82. The number of amides is 1. The summed E-state index contributed by atoms with van der Waals surface area (Å²) in [6.07, 6.45) is 0.931. The van der Waals surface area contributed by atoms with Crippen molar-refractivity contribution in [2.24, 2.45) is 5.41 Å². The van der Waals surface area contributed by atoms with Crippen molar-refractivity contribution in [2.45, 2.75) is 32.3 Å². The van der Waals surface area contributed by atoms with Crippen molar-refractivity contribution in [2.75, 3.05) is 14.1 Å². The molecule has 15 heavy (non-hydrogen) atoms. The molecule has 1 saturated carbocycles. The molecule has 0 aromatic rings. The first-order chi connectivity index (χ1) is 6.73. The van der Waals surface area contributed by atoms with Crippen molar-refractivity contribution in [3.63, 3.8) is 0 Å². The fourth-order valence-electron chi connectivity index (χ4n) is 1.36. The predicted molar refractivity (Wildman–Crippen MR) is 53.5 cm³/mol. The van der Waals surface area contributed by atoms with E-state index in [1.165, 1.54) is 25.9 Å². The molecule has 0 bridgehead atoms. The molecule has 5 heteroatoms. The number of carboxylic acids is 1. The highest BCUT2D eigenvalue weighted by Gasteiger charge is 2.61. The zero-order chi connectivity index (χ0) is 11.9. The summed E-state index contributed by atoms with van der Waals surface area (Å²) in [5.74, 6) is -1.09. The van der Waals surface area contributed by atoms with E-state index in [1.807, 2.05) is 6.92 Å². The number of rotatable bonds is 3. The van der Waals surface area contributed by atoms with Crippen LogP contribution in [0.25, 0.3) is 0 Å². The SMILES string of the molecule is CN(C)C(=O)O[C@@](C)(C(=O)O)C1(C)CC1. The molecule has 1 aliphatic carbocycles. The molecule has 1 atom stereocenters. The van der Waals surface area contributed by atoms with E-state index in [0.29, 0.717) is 0 Å². The molecule has 86 valence electrons. The predicted octanol–water partition coefficient (Wildman–Crippen LogP) is 1.33. The van der Waals surface area contributed by atoms with Crippen LogP contribution in [-0.4, -0.2) is 41.8 Å². The molecule has 1 rings (SSSR count). The molecule has 5 nitrogen and oxygen atoms in total. The number of hydrogen-bond donors (Lipinski definition) is 1. The van der Waals surface area contributed by atoms with Crippen LogP contribution >= 0.6 is 0 Å². The summed E-state index contributed by atoms with van der Waals surface area (Å²) in [7, 11) is 3.06. The number of carboxylic acid groups (broad SMARTS) is 1. The smallest absolute Gasteiger partial charge is 0.410 e. The minimum absolute atomic E-state index is 0.426. The van der Waals surface area contributed by atoms with E-state index < -0.39 is 23.1 Å². The first kappa shape index (κ1) is 11.8. The first-order valence-electron chi connectivity index (χ1n) is 4.87. The molecule has 0 unspecified atom stereocenters. The van der Waals surface area contributed by atoms with Gasteiger partial charge in [-0.05, 0) is 19.8 Å². The summed E-state index contributed by atoms with van der Waals surface area (Å²) in [6.45, 7) is 3.29. The van der Waals surface area contributed by atoms with E-state index in [1.54, 1.807) is 0 Å². The number of ether oxygens (including phenoxy) is 1. The van der Waals surface area contributed by atoms with Gasteiger partial charge in [0.05, 0.1) is 0 Å². The van der Waals surface area contributed by atoms with Gasteiger partial charge in [-0.3, -0.25) is 0 Å². The summed E-state index contributed by atoms with van der Waals surface area (Å²) in [5, 5.41) is 9.14. The van der Waals surface area contributed by atoms with Gasteiger partial charge in [-0.1, -0.05) is 6.92 Å². The second-order valence-corrected chi connectivity index (χ2v) is 4.66. The zero-order valence-corrected chi connectivity index (χ0v) is 9.53. The molecule has 1 amide bonds. The molecular formula is C10H17NO4. The summed E-state index contributed by atoms with van der Waals surface area (Å²) in [6, 6.07) is 0. The van der Waals surface area contributed by atoms with Gasteiger partial charge in [0, 0.05) is 19.5 Å². The number of nitrogens with zero attached hydrogens (tertiary/aromatic N) is 1. The highest BCUT2D eigenvalue weighted by atomic mass is 16.6. The van der Waals surface area contributed by atoms with Crippen LogP contribution in [0.5, 0.6) is 0 Å². The number of aliphatic carboxylic acids is 1. The lowest BCUT2D eigenvalue weighted by Gasteiger charge is -2.32. The lowest BCUT2D eigenvalue weighted by molar-refractivity contribution is -0.164. The van der Waals surface area contributed by atoms with Crippen molar-refractivity contribution < 1.29 is 19.4 Å². The molecule has 0 aliphatic heterocycles. The molecule has 1 N–H and O–H groups in total. The van der Waals surface area contributed by atoms with Gasteiger partial charge in [0.2, 0.25) is 5.60 Å². The lowest BCUT2D eigenvalue weighted by atomic mass is 9.87. The molecule has 0 aromatic carbocycles. The highest BCUT2D eigenvalue weighted by Crippen LogP contribution is 2.55. The van der Waals surface area contributed by atoms with Crippen LogP contribution in [0.2, 0.25) is 0 Å². The van der Waals surface area contributed by atoms with Gasteiger partial charge >= 0.3 is 12.1 Å². The van der Waals surface area contributed by atoms with Gasteiger partial charge in [-0.2, -0.15) is 0 Å². The number of carbonyl (C=O) groups is 2. The minimum atomic E-state index is -1.42. The van der Waals surface area contributed by atoms with Gasteiger partial charge in [0.25, 0.3) is 0 Å². The molecule has 1 fully saturated rings. The van der Waals surface area contributed by atoms with Crippen molar-refractivity contribution in [1.29, 1.82) is 0 Å². The minimum Gasteiger partial charge on any atom is -0.478 e. The van der Waals surface area contributed by atoms with Crippen molar-refractivity contribution in [3.05, 3.63) is 0 Å². The maximum Gasteiger partial charge on any atom is 0.410 e. The van der Waals surface area contributed by atoms with E-state index in [4.69, 9.17) is 9.84 Å². The molecule has 0 radical (unpaired) electrons. The van der Waals surface area contributed by atoms with Gasteiger partial charge < -0.3 is 14.7 Å². The Hall–Kier alpha value is -1.26. The third kappa shape index (κ3) is 1.91. The monoisotopic (exact) mass is 215 g/mol. The Morgan fingerprint density at radius 1 is 1.40 bits per heavy atom. The van der Waals surface area contributed by atoms with Crippen molar-refractivity contribution in [3.8, 4) is 0 Å². The van der Waals surface area contributed by atoms with Crippen molar-refractivity contribution in [1.82, 2.24) is 4.90 Å². The van der Waals surface area contributed by atoms with Crippen molar-refractivity contribution >= 4 is 12.1 Å². The largest absolute Gasteiger partial charge is 0.478 e. The van der Waals surface area contributed by atoms with Crippen LogP contribution in [0.4, 0.5) is 4.79 Å². The van der Waals surface area contributed by atoms with Crippen LogP contribution in [0.15, 0.2) is 0 Å². The Balaban J connectivity index is 2.84. The molecule has 0 heterocycles. The topological polar surface area (TPSA) is 66.8 Å². The second kappa shape index (κ2) is 3.40. The van der Waals surface area contributed by atoms with E-state index in [-0.39, 0.29) is 0 Å². The Labute approximate surface area is 89.0 Å². The van der Waals surface area contributed by atoms with E-state index >= 15 is 0 Å². The summed E-state index contributed by atoms with van der Waals surface area (Å²) in [5.41, 5.74) is -1.85. The van der Waals surface area contributed by atoms with Gasteiger partial charge in [0.15, 0.2) is 0 Å². The fraction of sp³-hybridized carbons (Fsp3) is 0.800. The van der Waals surface area contributed by atoms with E-state index in [2.05, 4.69) is 0 Å². The van der Waals surface area contributed by atoms with Crippen LogP contribution in [0.3, 0.4) is 0 Å². The Kier molecular flexibility index (Phi) is 2.67. The van der Waals surface area contributed by atoms with E-state index in [0.717, 1.165) is 12.8 Å². The second-order valence-electron chi connectivity index (χ2n) is 4.66. The van der Waals surface area contributed by atoms with Crippen LogP contribution in [-0.2, 0) is 9.53 Å². The average Bonchev–Trinajstić information content (AvgIpc) is 2.84. The zero-order valence-electron chi connectivity index (χ0n) is 9.53. The van der Waals surface area contributed by atoms with Gasteiger partial charge in [0.1, 0.15) is 0 Å². The molecule has 0 saturated heterocycles. The molecular weight excluding hydrogens is 198 g/mol. The lowest BCUT2D eigenvalue weighted by Crippen LogP contribution is -2.49. The Bertz CT molecular complexity index is 296. The average molecular weight is 215 g/mol. The molecule has 1 aliphatic rings. The summed E-state index contributed by atoms with van der Waals surface area (Å²) in [4.78, 5) is 23.8. The molecule has 0 aromatic heterocycles. The van der Waals surface area contributed by atoms with Crippen LogP contribution in [0, 0.1) is 5.41 Å². The van der Waals surface area contributed by atoms with Gasteiger partial charge in [-0.25, -0.2) is 9.59 Å². The van der Waals surface area contributed by atoms with E-state index in [9.17, 15) is 9.59 Å². The summed E-state index contributed by atoms with van der Waals surface area (Å²) >= 11 is 0. The van der Waals surface area contributed by atoms with Crippen LogP contribution in [0.1, 0.15) is 26.7 Å². The first-order valence-corrected chi connectivity index (χ1v) is 4.87. The Morgan fingerprint density at radius 3 is 2.13 bits per heavy atom. The summed E-state index contributed by atoms with van der Waals surface area (Å²) < 4.78 is 5.08. The third-order valence-corrected chi connectivity index (χ3v) is 3.22. The maximum absolute atomic E-state index is 11.4. The van der Waals surface area contributed by atoms with Gasteiger partial charge in [-0.15, -0.1) is 0 Å². The number of hydrogen-bond acceptors (Lipinski definition) is 3. The third-order valence-electron chi connectivity index (χ3n) is 3.22. The standard InChI is InChI=1S/C10H17NO4/c1-9(5-6-9)10(2,7(12)13)15-8(14)11(3)4/h5-6H2,1-4H3,(H,12,13)/t10-/m0/s1. The molecule has 0 spiro atoms. The Morgan fingerprint density at radius 2 is 1.87 bits per heavy atom. The normalized spacial score (nSPS) is 21.3. The number of carbonyl (C=O) groups excluding carboxylic acids is 1.